The molecule has 0 spiro atoms. The summed E-state index contributed by atoms with van der Waals surface area (Å²) in [6.45, 7) is 5.05. The van der Waals surface area contributed by atoms with E-state index in [-0.39, 0.29) is 0 Å². The van der Waals surface area contributed by atoms with E-state index in [1.807, 2.05) is 25.6 Å². The Hall–Kier alpha value is 0.270. The predicted octanol–water partition coefficient (Wildman–Crippen LogP) is 1.15. The van der Waals surface area contributed by atoms with Crippen molar-refractivity contribution < 1.29 is 0 Å². The van der Waals surface area contributed by atoms with Gasteiger partial charge in [-0.05, 0) is 7.05 Å². The second kappa shape index (κ2) is 6.39. The molecule has 1 N–H and O–H groups in total. The van der Waals surface area contributed by atoms with Crippen LogP contribution in [0.25, 0.3) is 0 Å². The van der Waals surface area contributed by atoms with Crippen LogP contribution in [0.4, 0.5) is 0 Å². The first kappa shape index (κ1) is 9.27. The molecule has 9 heavy (non-hydrogen) atoms. The van der Waals surface area contributed by atoms with Gasteiger partial charge in [0.15, 0.2) is 0 Å². The number of nitrogens with one attached hydrogen (secondary N) is 1. The van der Waals surface area contributed by atoms with Crippen LogP contribution < -0.4 is 5.32 Å². The van der Waals surface area contributed by atoms with E-state index in [1.54, 1.807) is 0 Å². The molecule has 2 nitrogen and oxygen atoms in total. The zero-order valence-electron chi connectivity index (χ0n) is 6.48. The molecule has 1 aliphatic heterocycles. The van der Waals surface area contributed by atoms with Crippen molar-refractivity contribution in [3.63, 3.8) is 0 Å². The Kier molecular flexibility index (Phi) is 6.58. The summed E-state index contributed by atoms with van der Waals surface area (Å²) < 4.78 is 0. The van der Waals surface area contributed by atoms with Gasteiger partial charge in [0.05, 0.1) is 0 Å². The molecule has 0 aromatic heterocycles. The van der Waals surface area contributed by atoms with Gasteiger partial charge in [-0.2, -0.15) is 0 Å². The van der Waals surface area contributed by atoms with Gasteiger partial charge in [-0.1, -0.05) is 13.8 Å². The zero-order chi connectivity index (χ0) is 7.11. The molecule has 0 saturated carbocycles. The highest BCUT2D eigenvalue weighted by molar-refractivity contribution is 7.99. The first-order valence-electron chi connectivity index (χ1n) is 3.36. The molecule has 1 saturated heterocycles. The summed E-state index contributed by atoms with van der Waals surface area (Å²) >= 11 is 1.92. The average molecular weight is 148 g/mol. The predicted molar refractivity (Wildman–Crippen MR) is 44.4 cm³/mol. The number of hydrogen-bond acceptors (Lipinski definition) is 3. The number of rotatable bonds is 0. The maximum Gasteiger partial charge on any atom is 0.0491 e. The molecule has 0 atom stereocenters. The fraction of sp³-hybridized carbons (Fsp3) is 1.00. The number of nitrogens with zero attached hydrogens (tertiary/aromatic N) is 1. The molecule has 0 aromatic carbocycles. The summed E-state index contributed by atoms with van der Waals surface area (Å²) in [6.07, 6.45) is 0. The second-order valence-corrected chi connectivity index (χ2v) is 2.70. The molecular weight excluding hydrogens is 132 g/mol. The smallest absolute Gasteiger partial charge is 0.0491 e. The van der Waals surface area contributed by atoms with Crippen LogP contribution in [-0.4, -0.2) is 30.4 Å². The third-order valence-electron chi connectivity index (χ3n) is 0.898. The number of hydrogen-bond donors (Lipinski definition) is 1. The monoisotopic (exact) mass is 148 g/mol. The minimum absolute atomic E-state index is 1.05. The van der Waals surface area contributed by atoms with Crippen LogP contribution in [-0.2, 0) is 0 Å². The Morgan fingerprint density at radius 2 is 2.11 bits per heavy atom. The van der Waals surface area contributed by atoms with Gasteiger partial charge in [-0.3, -0.25) is 10.2 Å². The molecule has 1 fully saturated rings. The fourth-order valence-corrected chi connectivity index (χ4v) is 1.29. The molecule has 1 rings (SSSR count). The van der Waals surface area contributed by atoms with Crippen molar-refractivity contribution in [2.75, 3.05) is 25.5 Å². The van der Waals surface area contributed by atoms with Crippen LogP contribution in [0.3, 0.4) is 0 Å². The molecule has 1 aliphatic rings. The van der Waals surface area contributed by atoms with Crippen molar-refractivity contribution in [1.82, 2.24) is 10.2 Å². The van der Waals surface area contributed by atoms with E-state index in [4.69, 9.17) is 0 Å². The van der Waals surface area contributed by atoms with Gasteiger partial charge >= 0.3 is 0 Å². The molecule has 3 heteroatoms. The van der Waals surface area contributed by atoms with Crippen molar-refractivity contribution in [2.45, 2.75) is 13.8 Å². The maximum atomic E-state index is 3.22. The third-order valence-corrected chi connectivity index (χ3v) is 1.93. The van der Waals surface area contributed by atoms with Gasteiger partial charge in [-0.25, -0.2) is 0 Å². The first-order chi connectivity index (χ1) is 4.39. The lowest BCUT2D eigenvalue weighted by Crippen LogP contribution is -2.35. The Morgan fingerprint density at radius 3 is 2.33 bits per heavy atom. The zero-order valence-corrected chi connectivity index (χ0v) is 7.29. The van der Waals surface area contributed by atoms with Crippen molar-refractivity contribution in [2.24, 2.45) is 0 Å². The molecule has 0 aromatic rings. The minimum Gasteiger partial charge on any atom is -0.295 e. The fourth-order valence-electron chi connectivity index (χ4n) is 0.556. The molecule has 0 bridgehead atoms. The summed E-state index contributed by atoms with van der Waals surface area (Å²) in [5, 5.41) is 3.22. The van der Waals surface area contributed by atoms with Crippen molar-refractivity contribution >= 4 is 11.8 Å². The van der Waals surface area contributed by atoms with Gasteiger partial charge in [0.2, 0.25) is 0 Å². The van der Waals surface area contributed by atoms with Crippen LogP contribution in [0.2, 0.25) is 0 Å². The molecular formula is C6H16N2S. The van der Waals surface area contributed by atoms with E-state index in [0.29, 0.717) is 0 Å². The van der Waals surface area contributed by atoms with E-state index < -0.39 is 0 Å². The largest absolute Gasteiger partial charge is 0.295 e. The maximum absolute atomic E-state index is 3.22. The van der Waals surface area contributed by atoms with Crippen molar-refractivity contribution in [3.8, 4) is 0 Å². The highest BCUT2D eigenvalue weighted by Crippen LogP contribution is 2.02. The summed E-state index contributed by atoms with van der Waals surface area (Å²) in [5.41, 5.74) is 0. The standard InChI is InChI=1S/C4H10N2S.C2H6/c1-6-2-5-3-7-4-6;1-2/h5H,2-4H2,1H3;1-2H3. The second-order valence-electron chi connectivity index (χ2n) is 1.74. The topological polar surface area (TPSA) is 15.3 Å². The van der Waals surface area contributed by atoms with Crippen LogP contribution in [0.5, 0.6) is 0 Å². The number of thioether (sulfide) groups is 1. The Bertz CT molecular complexity index is 53.0. The Labute approximate surface area is 62.0 Å². The van der Waals surface area contributed by atoms with Gasteiger partial charge in [-0.15, -0.1) is 11.8 Å². The molecule has 56 valence electrons. The minimum atomic E-state index is 1.05. The van der Waals surface area contributed by atoms with E-state index in [2.05, 4.69) is 17.3 Å². The molecule has 1 heterocycles. The van der Waals surface area contributed by atoms with Gasteiger partial charge in [0, 0.05) is 18.4 Å². The molecule has 0 aliphatic carbocycles. The normalized spacial score (nSPS) is 20.3. The summed E-state index contributed by atoms with van der Waals surface area (Å²) in [5.74, 6) is 2.29. The van der Waals surface area contributed by atoms with Crippen molar-refractivity contribution in [3.05, 3.63) is 0 Å². The van der Waals surface area contributed by atoms with Crippen LogP contribution in [0.1, 0.15) is 13.8 Å². The van der Waals surface area contributed by atoms with E-state index >= 15 is 0 Å². The lowest BCUT2D eigenvalue weighted by Gasteiger charge is -2.21. The molecule has 0 unspecified atom stereocenters. The summed E-state index contributed by atoms with van der Waals surface area (Å²) in [6, 6.07) is 0. The van der Waals surface area contributed by atoms with Crippen LogP contribution >= 0.6 is 11.8 Å². The van der Waals surface area contributed by atoms with Crippen LogP contribution in [0, 0.1) is 0 Å². The molecule has 0 amide bonds. The Balaban J connectivity index is 0.000000291. The van der Waals surface area contributed by atoms with Gasteiger partial charge < -0.3 is 0 Å². The Morgan fingerprint density at radius 1 is 1.44 bits per heavy atom. The van der Waals surface area contributed by atoms with Crippen LogP contribution in [0.15, 0.2) is 0 Å². The summed E-state index contributed by atoms with van der Waals surface area (Å²) in [4.78, 5) is 2.24. The third kappa shape index (κ3) is 4.75. The van der Waals surface area contributed by atoms with E-state index in [0.717, 1.165) is 12.5 Å². The average Bonchev–Trinajstić information content (AvgIpc) is 1.94. The van der Waals surface area contributed by atoms with E-state index in [1.165, 1.54) is 5.88 Å². The molecule has 0 radical (unpaired) electrons. The SMILES string of the molecule is CC.CN1CNCSC1. The van der Waals surface area contributed by atoms with E-state index in [9.17, 15) is 0 Å². The lowest BCUT2D eigenvalue weighted by atomic mass is 10.8. The highest BCUT2D eigenvalue weighted by Gasteiger charge is 2.01. The van der Waals surface area contributed by atoms with Gasteiger partial charge in [0.1, 0.15) is 0 Å². The summed E-state index contributed by atoms with van der Waals surface area (Å²) in [7, 11) is 2.11. The first-order valence-corrected chi connectivity index (χ1v) is 4.52. The lowest BCUT2D eigenvalue weighted by molar-refractivity contribution is 0.356. The quantitative estimate of drug-likeness (QED) is 0.555. The highest BCUT2D eigenvalue weighted by atomic mass is 32.2. The van der Waals surface area contributed by atoms with Gasteiger partial charge in [0.25, 0.3) is 0 Å². The van der Waals surface area contributed by atoms with Crippen molar-refractivity contribution in [1.29, 1.82) is 0 Å².